The maximum atomic E-state index is 14.5. The largest absolute Gasteiger partial charge is 0.380 e. The molecule has 0 amide bonds. The van der Waals surface area contributed by atoms with Gasteiger partial charge in [0, 0.05) is 57.7 Å². The van der Waals surface area contributed by atoms with Crippen molar-refractivity contribution < 1.29 is 4.39 Å². The molecular formula is C17H16FN3S. The van der Waals surface area contributed by atoms with Gasteiger partial charge in [0.1, 0.15) is 5.82 Å². The number of benzene rings is 2. The van der Waals surface area contributed by atoms with Crippen molar-refractivity contribution in [1.82, 2.24) is 4.98 Å². The van der Waals surface area contributed by atoms with Crippen molar-refractivity contribution in [2.45, 2.75) is 11.4 Å². The lowest BCUT2D eigenvalue weighted by Crippen LogP contribution is -2.01. The normalized spacial score (nSPS) is 12.8. The second-order valence-electron chi connectivity index (χ2n) is 5.32. The number of aromatic nitrogens is 1. The van der Waals surface area contributed by atoms with Gasteiger partial charge in [0.05, 0.1) is 0 Å². The first-order valence-corrected chi connectivity index (χ1v) is 8.26. The minimum atomic E-state index is -0.166. The molecule has 2 aromatic carbocycles. The van der Waals surface area contributed by atoms with Crippen LogP contribution in [0.2, 0.25) is 0 Å². The summed E-state index contributed by atoms with van der Waals surface area (Å²) in [7, 11) is 0. The van der Waals surface area contributed by atoms with E-state index in [2.05, 4.69) is 16.4 Å². The maximum Gasteiger partial charge on any atom is 0.132 e. The molecule has 3 nitrogen and oxygen atoms in total. The Morgan fingerprint density at radius 1 is 1.23 bits per heavy atom. The fourth-order valence-electron chi connectivity index (χ4n) is 3.09. The fourth-order valence-corrected chi connectivity index (χ4v) is 3.97. The van der Waals surface area contributed by atoms with Crippen LogP contribution in [0.15, 0.2) is 41.4 Å². The van der Waals surface area contributed by atoms with Gasteiger partial charge in [0.2, 0.25) is 0 Å². The van der Waals surface area contributed by atoms with Crippen LogP contribution in [-0.2, 0) is 6.54 Å². The molecule has 22 heavy (non-hydrogen) atoms. The molecule has 0 bridgehead atoms. The molecule has 0 unspecified atom stereocenters. The quantitative estimate of drug-likeness (QED) is 0.639. The number of thioether (sulfide) groups is 1. The van der Waals surface area contributed by atoms with Crippen molar-refractivity contribution in [3.8, 4) is 11.3 Å². The fraction of sp³-hybridized carbons (Fsp3) is 0.176. The van der Waals surface area contributed by atoms with E-state index in [1.54, 1.807) is 17.8 Å². The number of rotatable bonds is 4. The third-order valence-corrected chi connectivity index (χ3v) is 5.10. The van der Waals surface area contributed by atoms with E-state index >= 15 is 0 Å². The Morgan fingerprint density at radius 3 is 2.91 bits per heavy atom. The highest BCUT2D eigenvalue weighted by atomic mass is 32.2. The summed E-state index contributed by atoms with van der Waals surface area (Å²) < 4.78 is 14.5. The van der Waals surface area contributed by atoms with Crippen molar-refractivity contribution in [3.05, 3.63) is 47.9 Å². The molecule has 5 heteroatoms. The van der Waals surface area contributed by atoms with Crippen LogP contribution in [0.5, 0.6) is 0 Å². The number of nitrogens with one attached hydrogen (secondary N) is 2. The number of nitrogens with two attached hydrogens (primary N) is 1. The van der Waals surface area contributed by atoms with Gasteiger partial charge in [-0.2, -0.15) is 0 Å². The summed E-state index contributed by atoms with van der Waals surface area (Å²) in [5.74, 6) is 0.608. The third kappa shape index (κ3) is 2.01. The van der Waals surface area contributed by atoms with Crippen LogP contribution in [0, 0.1) is 5.82 Å². The van der Waals surface area contributed by atoms with Gasteiger partial charge in [0.15, 0.2) is 0 Å². The van der Waals surface area contributed by atoms with Crippen molar-refractivity contribution in [2.75, 3.05) is 17.6 Å². The average Bonchev–Trinajstić information content (AvgIpc) is 3.19. The standard InChI is InChI=1S/C17H16FN3S/c18-12-3-4-14-16-11(9-21-14)10(13-2-1-6-20-13)8-15(17(12)16)22-7-5-19/h1-4,6,8,20-21H,5,7,9,19H2. The van der Waals surface area contributed by atoms with E-state index in [0.717, 1.165) is 45.1 Å². The van der Waals surface area contributed by atoms with E-state index in [0.29, 0.717) is 11.9 Å². The van der Waals surface area contributed by atoms with Crippen LogP contribution in [0.3, 0.4) is 0 Å². The molecule has 2 heterocycles. The summed E-state index contributed by atoms with van der Waals surface area (Å²) in [5, 5.41) is 5.09. The number of hydrogen-bond acceptors (Lipinski definition) is 3. The van der Waals surface area contributed by atoms with E-state index in [9.17, 15) is 4.39 Å². The Labute approximate surface area is 132 Å². The van der Waals surface area contributed by atoms with Crippen LogP contribution in [-0.4, -0.2) is 17.3 Å². The summed E-state index contributed by atoms with van der Waals surface area (Å²) in [6.07, 6.45) is 1.91. The van der Waals surface area contributed by atoms with Gasteiger partial charge < -0.3 is 16.0 Å². The van der Waals surface area contributed by atoms with Gasteiger partial charge >= 0.3 is 0 Å². The topological polar surface area (TPSA) is 53.8 Å². The van der Waals surface area contributed by atoms with E-state index in [1.165, 1.54) is 0 Å². The highest BCUT2D eigenvalue weighted by molar-refractivity contribution is 7.99. The number of anilines is 1. The number of aromatic amines is 1. The SMILES string of the molecule is NCCSc1cc(-c2ccc[nH]2)c2c3c(ccc(F)c13)NC2. The molecule has 4 N–H and O–H groups in total. The molecule has 4 rings (SSSR count). The average molecular weight is 313 g/mol. The Hall–Kier alpha value is -1.98. The smallest absolute Gasteiger partial charge is 0.132 e. The molecule has 0 atom stereocenters. The van der Waals surface area contributed by atoms with E-state index in [1.807, 2.05) is 24.4 Å². The number of H-pyrrole nitrogens is 1. The molecule has 3 aromatic rings. The first-order chi connectivity index (χ1) is 10.8. The Balaban J connectivity index is 2.04. The zero-order valence-electron chi connectivity index (χ0n) is 11.9. The predicted molar refractivity (Wildman–Crippen MR) is 90.8 cm³/mol. The molecule has 0 saturated carbocycles. The van der Waals surface area contributed by atoms with Gasteiger partial charge in [-0.1, -0.05) is 0 Å². The number of halogens is 1. The molecule has 1 aliphatic rings. The van der Waals surface area contributed by atoms with Gasteiger partial charge in [-0.05, 0) is 35.9 Å². The van der Waals surface area contributed by atoms with Gasteiger partial charge in [0.25, 0.3) is 0 Å². The van der Waals surface area contributed by atoms with Crippen LogP contribution < -0.4 is 11.1 Å². The molecule has 0 radical (unpaired) electrons. The lowest BCUT2D eigenvalue weighted by atomic mass is 9.98. The molecule has 0 aliphatic carbocycles. The van der Waals surface area contributed by atoms with Crippen molar-refractivity contribution in [2.24, 2.45) is 5.73 Å². The second kappa shape index (κ2) is 5.34. The van der Waals surface area contributed by atoms with Crippen LogP contribution in [0.1, 0.15) is 5.56 Å². The molecule has 1 aromatic heterocycles. The summed E-state index contributed by atoms with van der Waals surface area (Å²) in [6.45, 7) is 1.30. The second-order valence-corrected chi connectivity index (χ2v) is 6.46. The lowest BCUT2D eigenvalue weighted by molar-refractivity contribution is 0.638. The molecule has 112 valence electrons. The monoisotopic (exact) mass is 313 g/mol. The van der Waals surface area contributed by atoms with E-state index < -0.39 is 0 Å². The Kier molecular flexibility index (Phi) is 3.32. The van der Waals surface area contributed by atoms with E-state index in [4.69, 9.17) is 5.73 Å². The third-order valence-electron chi connectivity index (χ3n) is 4.02. The summed E-state index contributed by atoms with van der Waals surface area (Å²) >= 11 is 1.61. The predicted octanol–water partition coefficient (Wildman–Crippen LogP) is 3.95. The summed E-state index contributed by atoms with van der Waals surface area (Å²) in [5.41, 5.74) is 9.99. The van der Waals surface area contributed by atoms with Crippen LogP contribution in [0.25, 0.3) is 22.0 Å². The first-order valence-electron chi connectivity index (χ1n) is 7.28. The van der Waals surface area contributed by atoms with Crippen LogP contribution in [0.4, 0.5) is 10.1 Å². The minimum Gasteiger partial charge on any atom is -0.380 e. The number of hydrogen-bond donors (Lipinski definition) is 3. The zero-order chi connectivity index (χ0) is 15.1. The maximum absolute atomic E-state index is 14.5. The summed E-state index contributed by atoms with van der Waals surface area (Å²) in [4.78, 5) is 4.21. The highest BCUT2D eigenvalue weighted by Crippen LogP contribution is 2.44. The molecule has 1 aliphatic heterocycles. The van der Waals surface area contributed by atoms with Gasteiger partial charge in [-0.3, -0.25) is 0 Å². The molecule has 0 saturated heterocycles. The molecule has 0 spiro atoms. The lowest BCUT2D eigenvalue weighted by Gasteiger charge is -2.13. The van der Waals surface area contributed by atoms with Crippen molar-refractivity contribution >= 4 is 28.2 Å². The summed E-state index contributed by atoms with van der Waals surface area (Å²) in [6, 6.07) is 9.48. The van der Waals surface area contributed by atoms with Crippen LogP contribution >= 0.6 is 11.8 Å². The van der Waals surface area contributed by atoms with Crippen molar-refractivity contribution in [3.63, 3.8) is 0 Å². The molecular weight excluding hydrogens is 297 g/mol. The minimum absolute atomic E-state index is 0.166. The van der Waals surface area contributed by atoms with Gasteiger partial charge in [-0.15, -0.1) is 11.8 Å². The van der Waals surface area contributed by atoms with Crippen molar-refractivity contribution in [1.29, 1.82) is 0 Å². The highest BCUT2D eigenvalue weighted by Gasteiger charge is 2.23. The Morgan fingerprint density at radius 2 is 2.14 bits per heavy atom. The van der Waals surface area contributed by atoms with E-state index in [-0.39, 0.29) is 5.82 Å². The van der Waals surface area contributed by atoms with Gasteiger partial charge in [-0.25, -0.2) is 4.39 Å². The first kappa shape index (κ1) is 13.7. The zero-order valence-corrected chi connectivity index (χ0v) is 12.8. The molecule has 0 fully saturated rings. The Bertz CT molecular complexity index is 843.